The maximum Gasteiger partial charge on any atom is 0.255 e. The van der Waals surface area contributed by atoms with Gasteiger partial charge in [-0.1, -0.05) is 30.0 Å². The van der Waals surface area contributed by atoms with E-state index in [0.717, 1.165) is 22.8 Å². The zero-order chi connectivity index (χ0) is 15.2. The Bertz CT molecular complexity index is 678. The zero-order valence-corrected chi connectivity index (χ0v) is 13.0. The first-order chi connectivity index (χ1) is 10.1. The lowest BCUT2D eigenvalue weighted by atomic mass is 10.1. The van der Waals surface area contributed by atoms with Crippen molar-refractivity contribution in [1.82, 2.24) is 9.97 Å². The van der Waals surface area contributed by atoms with Crippen molar-refractivity contribution in [2.45, 2.75) is 18.5 Å². The van der Waals surface area contributed by atoms with Gasteiger partial charge in [0.1, 0.15) is 5.75 Å². The molecule has 0 aliphatic heterocycles. The van der Waals surface area contributed by atoms with E-state index in [2.05, 4.69) is 16.5 Å². The first-order valence-corrected chi connectivity index (χ1v) is 7.59. The van der Waals surface area contributed by atoms with Gasteiger partial charge < -0.3 is 9.72 Å². The van der Waals surface area contributed by atoms with Gasteiger partial charge in [-0.15, -0.1) is 6.58 Å². The molecule has 0 radical (unpaired) electrons. The van der Waals surface area contributed by atoms with E-state index in [1.807, 2.05) is 31.2 Å². The Labute approximate surface area is 128 Å². The molecular formula is C16H18N2O2S. The highest BCUT2D eigenvalue weighted by Crippen LogP contribution is 2.16. The molecule has 1 heterocycles. The molecule has 0 fully saturated rings. The van der Waals surface area contributed by atoms with E-state index in [-0.39, 0.29) is 5.56 Å². The fourth-order valence-corrected chi connectivity index (χ4v) is 2.59. The van der Waals surface area contributed by atoms with Gasteiger partial charge in [-0.05, 0) is 24.6 Å². The van der Waals surface area contributed by atoms with Crippen LogP contribution >= 0.6 is 11.8 Å². The van der Waals surface area contributed by atoms with Crippen LogP contribution < -0.4 is 10.3 Å². The number of aromatic nitrogens is 2. The van der Waals surface area contributed by atoms with E-state index >= 15 is 0 Å². The van der Waals surface area contributed by atoms with Crippen molar-refractivity contribution in [3.8, 4) is 5.75 Å². The summed E-state index contributed by atoms with van der Waals surface area (Å²) in [5, 5.41) is 0.635. The Kier molecular flexibility index (Phi) is 5.22. The molecule has 2 rings (SSSR count). The number of aryl methyl sites for hydroxylation is 1. The highest BCUT2D eigenvalue weighted by molar-refractivity contribution is 7.99. The highest BCUT2D eigenvalue weighted by Gasteiger charge is 2.09. The third-order valence-corrected chi connectivity index (χ3v) is 3.95. The number of hydrogen-bond acceptors (Lipinski definition) is 4. The number of H-pyrrole nitrogens is 1. The number of nitrogens with one attached hydrogen (secondary N) is 1. The standard InChI is InChI=1S/C16H18N2O2S/c1-4-9-21-16-17-11(2)14(15(19)18-16)10-12-5-7-13(20-3)8-6-12/h4-8H,1,9-10H2,2-3H3,(H,17,18,19). The maximum atomic E-state index is 12.2. The molecule has 0 saturated carbocycles. The van der Waals surface area contributed by atoms with Gasteiger partial charge in [0.25, 0.3) is 5.56 Å². The van der Waals surface area contributed by atoms with Gasteiger partial charge in [0.2, 0.25) is 0 Å². The van der Waals surface area contributed by atoms with Gasteiger partial charge in [0.15, 0.2) is 5.16 Å². The molecule has 4 nitrogen and oxygen atoms in total. The summed E-state index contributed by atoms with van der Waals surface area (Å²) in [6.45, 7) is 5.52. The van der Waals surface area contributed by atoms with Crippen LogP contribution in [-0.2, 0) is 6.42 Å². The summed E-state index contributed by atoms with van der Waals surface area (Å²) in [7, 11) is 1.63. The van der Waals surface area contributed by atoms with E-state index < -0.39 is 0 Å². The lowest BCUT2D eigenvalue weighted by Crippen LogP contribution is -2.17. The molecule has 21 heavy (non-hydrogen) atoms. The fourth-order valence-electron chi connectivity index (χ4n) is 1.95. The quantitative estimate of drug-likeness (QED) is 0.506. The van der Waals surface area contributed by atoms with Gasteiger partial charge in [0.05, 0.1) is 7.11 Å². The van der Waals surface area contributed by atoms with Crippen molar-refractivity contribution < 1.29 is 4.74 Å². The second-order valence-corrected chi connectivity index (χ2v) is 5.57. The second kappa shape index (κ2) is 7.13. The number of hydrogen-bond donors (Lipinski definition) is 1. The number of methoxy groups -OCH3 is 1. The van der Waals surface area contributed by atoms with Gasteiger partial charge in [0, 0.05) is 23.4 Å². The molecule has 0 spiro atoms. The molecule has 1 aromatic heterocycles. The number of nitrogens with zero attached hydrogens (tertiary/aromatic N) is 1. The Morgan fingerprint density at radius 3 is 2.67 bits per heavy atom. The minimum absolute atomic E-state index is 0.0788. The van der Waals surface area contributed by atoms with Gasteiger partial charge in [-0.3, -0.25) is 4.79 Å². The molecule has 0 unspecified atom stereocenters. The molecule has 2 aromatic rings. The monoisotopic (exact) mass is 302 g/mol. The van der Waals surface area contributed by atoms with Crippen LogP contribution in [0.5, 0.6) is 5.75 Å². The Balaban J connectivity index is 2.23. The summed E-state index contributed by atoms with van der Waals surface area (Å²) in [6.07, 6.45) is 2.34. The molecule has 1 aromatic carbocycles. The molecule has 5 heteroatoms. The first kappa shape index (κ1) is 15.4. The third kappa shape index (κ3) is 3.98. The van der Waals surface area contributed by atoms with Crippen LogP contribution in [0.15, 0.2) is 46.9 Å². The van der Waals surface area contributed by atoms with Crippen LogP contribution in [0.25, 0.3) is 0 Å². The van der Waals surface area contributed by atoms with Crippen molar-refractivity contribution in [2.75, 3.05) is 12.9 Å². The maximum absolute atomic E-state index is 12.2. The van der Waals surface area contributed by atoms with Crippen molar-refractivity contribution >= 4 is 11.8 Å². The Hall–Kier alpha value is -2.01. The van der Waals surface area contributed by atoms with Gasteiger partial charge in [-0.2, -0.15) is 0 Å². The third-order valence-electron chi connectivity index (χ3n) is 3.08. The SMILES string of the molecule is C=CCSc1nc(C)c(Cc2ccc(OC)cc2)c(=O)[nH]1. The minimum atomic E-state index is -0.0788. The van der Waals surface area contributed by atoms with Crippen LogP contribution in [0.2, 0.25) is 0 Å². The molecule has 0 atom stereocenters. The molecule has 0 aliphatic rings. The van der Waals surface area contributed by atoms with Crippen molar-refractivity contribution in [2.24, 2.45) is 0 Å². The predicted octanol–water partition coefficient (Wildman–Crippen LogP) is 2.96. The molecule has 0 amide bonds. The largest absolute Gasteiger partial charge is 0.497 e. The minimum Gasteiger partial charge on any atom is -0.497 e. The number of benzene rings is 1. The van der Waals surface area contributed by atoms with Crippen molar-refractivity contribution in [3.63, 3.8) is 0 Å². The molecule has 0 aliphatic carbocycles. The van der Waals surface area contributed by atoms with Crippen LogP contribution in [0.1, 0.15) is 16.8 Å². The van der Waals surface area contributed by atoms with E-state index in [9.17, 15) is 4.79 Å². The van der Waals surface area contributed by atoms with Crippen LogP contribution in [0, 0.1) is 6.92 Å². The number of thioether (sulfide) groups is 1. The zero-order valence-electron chi connectivity index (χ0n) is 12.2. The van der Waals surface area contributed by atoms with Crippen LogP contribution in [-0.4, -0.2) is 22.8 Å². The lowest BCUT2D eigenvalue weighted by molar-refractivity contribution is 0.414. The summed E-state index contributed by atoms with van der Waals surface area (Å²) >= 11 is 1.47. The number of aromatic amines is 1. The first-order valence-electron chi connectivity index (χ1n) is 6.60. The highest BCUT2D eigenvalue weighted by atomic mass is 32.2. The molecule has 1 N–H and O–H groups in total. The van der Waals surface area contributed by atoms with Crippen molar-refractivity contribution in [1.29, 1.82) is 0 Å². The summed E-state index contributed by atoms with van der Waals surface area (Å²) < 4.78 is 5.13. The fraction of sp³-hybridized carbons (Fsp3) is 0.250. The van der Waals surface area contributed by atoms with Crippen LogP contribution in [0.3, 0.4) is 0 Å². The average molecular weight is 302 g/mol. The summed E-state index contributed by atoms with van der Waals surface area (Å²) in [5.74, 6) is 1.53. The lowest BCUT2D eigenvalue weighted by Gasteiger charge is -2.07. The summed E-state index contributed by atoms with van der Waals surface area (Å²) in [4.78, 5) is 19.4. The number of ether oxygens (including phenoxy) is 1. The smallest absolute Gasteiger partial charge is 0.255 e. The van der Waals surface area contributed by atoms with E-state index in [4.69, 9.17) is 4.74 Å². The average Bonchev–Trinajstić information content (AvgIpc) is 2.49. The topological polar surface area (TPSA) is 55.0 Å². The molecule has 110 valence electrons. The molecular weight excluding hydrogens is 284 g/mol. The molecule has 0 bridgehead atoms. The summed E-state index contributed by atoms with van der Waals surface area (Å²) in [5.41, 5.74) is 2.44. The van der Waals surface area contributed by atoms with E-state index in [0.29, 0.717) is 17.1 Å². The Morgan fingerprint density at radius 2 is 2.10 bits per heavy atom. The Morgan fingerprint density at radius 1 is 1.38 bits per heavy atom. The van der Waals surface area contributed by atoms with Gasteiger partial charge >= 0.3 is 0 Å². The van der Waals surface area contributed by atoms with E-state index in [1.54, 1.807) is 13.2 Å². The number of rotatable bonds is 6. The van der Waals surface area contributed by atoms with Gasteiger partial charge in [-0.25, -0.2) is 4.98 Å². The predicted molar refractivity (Wildman–Crippen MR) is 86.3 cm³/mol. The van der Waals surface area contributed by atoms with E-state index in [1.165, 1.54) is 11.8 Å². The summed E-state index contributed by atoms with van der Waals surface area (Å²) in [6, 6.07) is 7.69. The molecule has 0 saturated heterocycles. The normalized spacial score (nSPS) is 10.4. The van der Waals surface area contributed by atoms with Crippen molar-refractivity contribution in [3.05, 3.63) is 64.1 Å². The van der Waals surface area contributed by atoms with Crippen LogP contribution in [0.4, 0.5) is 0 Å². The second-order valence-electron chi connectivity index (χ2n) is 4.56.